The van der Waals surface area contributed by atoms with E-state index >= 15 is 0 Å². The number of nitrogens with one attached hydrogen (secondary N) is 1. The fraction of sp³-hybridized carbons (Fsp3) is 0.483. The zero-order valence-electron chi connectivity index (χ0n) is 23.5. The molecule has 0 saturated heterocycles. The van der Waals surface area contributed by atoms with Gasteiger partial charge in [-0.25, -0.2) is 4.79 Å². The molecule has 0 radical (unpaired) electrons. The second-order valence-electron chi connectivity index (χ2n) is 10.5. The van der Waals surface area contributed by atoms with Crippen LogP contribution in [-0.2, 0) is 19.1 Å². The minimum atomic E-state index is -1.13. The van der Waals surface area contributed by atoms with Crippen molar-refractivity contribution >= 4 is 35.3 Å². The van der Waals surface area contributed by atoms with E-state index in [1.807, 2.05) is 20.8 Å². The first-order valence-electron chi connectivity index (χ1n) is 13.1. The van der Waals surface area contributed by atoms with Crippen LogP contribution in [0.3, 0.4) is 0 Å². The molecule has 40 heavy (non-hydrogen) atoms. The van der Waals surface area contributed by atoms with Crippen LogP contribution in [0.15, 0.2) is 36.4 Å². The molecule has 10 nitrogen and oxygen atoms in total. The Kier molecular flexibility index (Phi) is 10.6. The highest BCUT2D eigenvalue weighted by atomic mass is 35.5. The van der Waals surface area contributed by atoms with Crippen LogP contribution in [0.25, 0.3) is 0 Å². The number of benzene rings is 2. The molecule has 1 heterocycles. The Balaban J connectivity index is 2.09. The van der Waals surface area contributed by atoms with Crippen molar-refractivity contribution in [1.29, 1.82) is 0 Å². The van der Waals surface area contributed by atoms with Gasteiger partial charge in [0.2, 0.25) is 0 Å². The average molecular weight is 577 g/mol. The van der Waals surface area contributed by atoms with E-state index in [0.29, 0.717) is 46.3 Å². The molecule has 0 aliphatic carbocycles. The number of carbonyl (C=O) groups excluding carboxylic acids is 2. The molecule has 2 N–H and O–H groups in total. The molecule has 0 fully saturated rings. The summed E-state index contributed by atoms with van der Waals surface area (Å²) in [5.74, 6) is -0.0903. The molecule has 1 aliphatic heterocycles. The Morgan fingerprint density at radius 3 is 2.58 bits per heavy atom. The van der Waals surface area contributed by atoms with Crippen molar-refractivity contribution in [3.8, 4) is 11.5 Å². The summed E-state index contributed by atoms with van der Waals surface area (Å²) in [6.07, 6.45) is -2.89. The van der Waals surface area contributed by atoms with Gasteiger partial charge in [-0.05, 0) is 43.0 Å². The number of ether oxygens (including phenoxy) is 4. The fourth-order valence-electron chi connectivity index (χ4n) is 4.48. The Morgan fingerprint density at radius 2 is 1.93 bits per heavy atom. The molecule has 2 atom stereocenters. The molecule has 2 amide bonds. The number of hydrogen-bond acceptors (Lipinski definition) is 7. The Bertz CT molecular complexity index is 1210. The van der Waals surface area contributed by atoms with Crippen molar-refractivity contribution in [3.05, 3.63) is 52.5 Å². The van der Waals surface area contributed by atoms with Gasteiger partial charge in [0.15, 0.2) is 11.5 Å². The van der Waals surface area contributed by atoms with Gasteiger partial charge < -0.3 is 34.3 Å². The topological polar surface area (TPSA) is 124 Å². The average Bonchev–Trinajstić information content (AvgIpc) is 2.97. The lowest BCUT2D eigenvalue weighted by molar-refractivity contribution is -0.151. The SMILES string of the molecule is CCOC(=O)CC1OC(c2cccc(OCCCNC(=O)O)c2OC)c2cc(Cl)ccc2N(CC(C)(C)C)C1=O. The third-order valence-corrected chi connectivity index (χ3v) is 6.28. The minimum Gasteiger partial charge on any atom is -0.492 e. The van der Waals surface area contributed by atoms with Gasteiger partial charge in [0.25, 0.3) is 5.91 Å². The molecule has 0 saturated carbocycles. The predicted molar refractivity (Wildman–Crippen MR) is 150 cm³/mol. The molecule has 11 heteroatoms. The summed E-state index contributed by atoms with van der Waals surface area (Å²) in [6.45, 7) is 8.79. The van der Waals surface area contributed by atoms with Crippen molar-refractivity contribution in [2.24, 2.45) is 5.41 Å². The molecule has 3 rings (SSSR count). The van der Waals surface area contributed by atoms with Gasteiger partial charge in [0.1, 0.15) is 12.2 Å². The van der Waals surface area contributed by atoms with Gasteiger partial charge in [-0.2, -0.15) is 0 Å². The quantitative estimate of drug-likeness (QED) is 0.276. The molecular weight excluding hydrogens is 540 g/mol. The van der Waals surface area contributed by atoms with Gasteiger partial charge in [-0.1, -0.05) is 44.5 Å². The number of hydrogen-bond donors (Lipinski definition) is 2. The number of carboxylic acid groups (broad SMARTS) is 1. The number of methoxy groups -OCH3 is 1. The molecule has 0 aromatic heterocycles. The lowest BCUT2D eigenvalue weighted by Gasteiger charge is -2.31. The second kappa shape index (κ2) is 13.7. The standard InChI is InChI=1S/C29H37ClN2O8/c1-6-38-24(33)16-23-27(34)32(17-29(2,3)4)21-12-11-18(30)15-20(21)25(40-23)19-9-7-10-22(26(19)37-5)39-14-8-13-31-28(35)36/h7,9-12,15,23,25,31H,6,8,13-14,16-17H2,1-5H3,(H,35,36). The summed E-state index contributed by atoms with van der Waals surface area (Å²) in [6, 6.07) is 10.6. The van der Waals surface area contributed by atoms with E-state index in [1.165, 1.54) is 7.11 Å². The molecule has 2 aromatic rings. The van der Waals surface area contributed by atoms with E-state index < -0.39 is 24.3 Å². The molecule has 1 aliphatic rings. The molecule has 2 aromatic carbocycles. The predicted octanol–water partition coefficient (Wildman–Crippen LogP) is 5.21. The molecular formula is C29H37ClN2O8. The highest BCUT2D eigenvalue weighted by molar-refractivity contribution is 6.30. The van der Waals surface area contributed by atoms with Crippen molar-refractivity contribution in [3.63, 3.8) is 0 Å². The third kappa shape index (κ3) is 8.02. The van der Waals surface area contributed by atoms with Crippen molar-refractivity contribution < 1.29 is 38.4 Å². The van der Waals surface area contributed by atoms with Crippen LogP contribution in [0, 0.1) is 5.41 Å². The van der Waals surface area contributed by atoms with Crippen molar-refractivity contribution in [2.45, 2.75) is 52.7 Å². The van der Waals surface area contributed by atoms with Crippen LogP contribution in [-0.4, -0.2) is 62.6 Å². The molecule has 2 unspecified atom stereocenters. The van der Waals surface area contributed by atoms with Gasteiger partial charge in [-0.3, -0.25) is 9.59 Å². The number of para-hydroxylation sites is 1. The first-order valence-corrected chi connectivity index (χ1v) is 13.5. The van der Waals surface area contributed by atoms with E-state index in [0.717, 1.165) is 0 Å². The fourth-order valence-corrected chi connectivity index (χ4v) is 4.66. The van der Waals surface area contributed by atoms with E-state index in [4.69, 9.17) is 35.7 Å². The number of fused-ring (bicyclic) bond motifs is 1. The maximum Gasteiger partial charge on any atom is 0.404 e. The smallest absolute Gasteiger partial charge is 0.404 e. The van der Waals surface area contributed by atoms with E-state index in [9.17, 15) is 14.4 Å². The number of halogens is 1. The van der Waals surface area contributed by atoms with Gasteiger partial charge in [0, 0.05) is 34.9 Å². The Labute approximate surface area is 239 Å². The van der Waals surface area contributed by atoms with Crippen molar-refractivity contribution in [2.75, 3.05) is 38.3 Å². The van der Waals surface area contributed by atoms with E-state index in [1.54, 1.807) is 48.2 Å². The van der Waals surface area contributed by atoms with Gasteiger partial charge >= 0.3 is 12.1 Å². The number of amides is 2. The monoisotopic (exact) mass is 576 g/mol. The maximum atomic E-state index is 13.9. The minimum absolute atomic E-state index is 0.180. The lowest BCUT2D eigenvalue weighted by Crippen LogP contribution is -2.44. The first-order chi connectivity index (χ1) is 18.9. The number of rotatable bonds is 11. The Morgan fingerprint density at radius 1 is 1.18 bits per heavy atom. The van der Waals surface area contributed by atoms with Gasteiger partial charge in [-0.15, -0.1) is 0 Å². The number of carbonyl (C=O) groups is 3. The molecule has 0 spiro atoms. The van der Waals surface area contributed by atoms with Crippen LogP contribution in [0.1, 0.15) is 57.8 Å². The second-order valence-corrected chi connectivity index (χ2v) is 11.0. The highest BCUT2D eigenvalue weighted by Gasteiger charge is 2.40. The van der Waals surface area contributed by atoms with Crippen LogP contribution < -0.4 is 19.7 Å². The Hall–Kier alpha value is -3.50. The van der Waals surface area contributed by atoms with Crippen LogP contribution in [0.2, 0.25) is 5.02 Å². The maximum absolute atomic E-state index is 13.9. The summed E-state index contributed by atoms with van der Waals surface area (Å²) in [4.78, 5) is 38.8. The highest BCUT2D eigenvalue weighted by Crippen LogP contribution is 2.45. The zero-order valence-corrected chi connectivity index (χ0v) is 24.2. The lowest BCUT2D eigenvalue weighted by atomic mass is 9.94. The normalized spacial score (nSPS) is 17.1. The summed E-state index contributed by atoms with van der Waals surface area (Å²) in [7, 11) is 1.50. The zero-order chi connectivity index (χ0) is 29.4. The van der Waals surface area contributed by atoms with Crippen LogP contribution >= 0.6 is 11.6 Å². The summed E-state index contributed by atoms with van der Waals surface area (Å²) < 4.78 is 23.3. The van der Waals surface area contributed by atoms with E-state index in [2.05, 4.69) is 5.32 Å². The van der Waals surface area contributed by atoms with Crippen molar-refractivity contribution in [1.82, 2.24) is 5.32 Å². The number of nitrogens with zero attached hydrogens (tertiary/aromatic N) is 1. The number of anilines is 1. The molecule has 218 valence electrons. The van der Waals surface area contributed by atoms with Crippen LogP contribution in [0.5, 0.6) is 11.5 Å². The first kappa shape index (κ1) is 31.0. The largest absolute Gasteiger partial charge is 0.492 e. The van der Waals surface area contributed by atoms with E-state index in [-0.39, 0.29) is 37.5 Å². The summed E-state index contributed by atoms with van der Waals surface area (Å²) in [5.41, 5.74) is 1.57. The summed E-state index contributed by atoms with van der Waals surface area (Å²) >= 11 is 6.45. The summed E-state index contributed by atoms with van der Waals surface area (Å²) in [5, 5.41) is 11.5. The van der Waals surface area contributed by atoms with Gasteiger partial charge in [0.05, 0.1) is 26.7 Å². The molecule has 0 bridgehead atoms. The van der Waals surface area contributed by atoms with Crippen LogP contribution in [0.4, 0.5) is 10.5 Å². The third-order valence-electron chi connectivity index (χ3n) is 6.05. The number of esters is 1.